The van der Waals surface area contributed by atoms with Gasteiger partial charge in [-0.1, -0.05) is 6.92 Å². The summed E-state index contributed by atoms with van der Waals surface area (Å²) in [6, 6.07) is 1.83. The van der Waals surface area contributed by atoms with E-state index in [1.165, 1.54) is 12.8 Å². The molecule has 1 aromatic rings. The number of nitrogens with one attached hydrogen (secondary N) is 1. The third-order valence-corrected chi connectivity index (χ3v) is 4.10. The van der Waals surface area contributed by atoms with Gasteiger partial charge in [0.05, 0.1) is 0 Å². The van der Waals surface area contributed by atoms with Gasteiger partial charge < -0.3 is 15.8 Å². The zero-order chi connectivity index (χ0) is 13.3. The Kier molecular flexibility index (Phi) is 3.31. The summed E-state index contributed by atoms with van der Waals surface area (Å²) >= 11 is 0. The average molecular weight is 262 g/mol. The molecule has 2 heterocycles. The summed E-state index contributed by atoms with van der Waals surface area (Å²) in [7, 11) is 0. The Morgan fingerprint density at radius 1 is 1.37 bits per heavy atom. The summed E-state index contributed by atoms with van der Waals surface area (Å²) in [5.41, 5.74) is 6.14. The first-order valence-corrected chi connectivity index (χ1v) is 7.11. The lowest BCUT2D eigenvalue weighted by Gasteiger charge is -2.33. The standard InChI is InChI=1S/C14H22N4O/c1-14(4-6-19-7-5-14)9-16-12-8-11(15)17-13(18-12)10-2-3-10/h8,10H,2-7,9H2,1H3,(H3,15,16,17,18). The van der Waals surface area contributed by atoms with Crippen LogP contribution >= 0.6 is 0 Å². The molecule has 1 aliphatic carbocycles. The van der Waals surface area contributed by atoms with Gasteiger partial charge in [0.1, 0.15) is 17.5 Å². The van der Waals surface area contributed by atoms with Crippen LogP contribution in [0.25, 0.3) is 0 Å². The Bertz CT molecular complexity index is 453. The lowest BCUT2D eigenvalue weighted by Crippen LogP contribution is -2.33. The zero-order valence-electron chi connectivity index (χ0n) is 11.5. The van der Waals surface area contributed by atoms with Crippen molar-refractivity contribution in [2.24, 2.45) is 5.41 Å². The number of aromatic nitrogens is 2. The maximum atomic E-state index is 5.86. The normalized spacial score (nSPS) is 22.2. The fourth-order valence-corrected chi connectivity index (χ4v) is 2.44. The molecule has 0 amide bonds. The van der Waals surface area contributed by atoms with Crippen molar-refractivity contribution in [2.45, 2.75) is 38.5 Å². The molecule has 19 heavy (non-hydrogen) atoms. The van der Waals surface area contributed by atoms with Crippen molar-refractivity contribution >= 4 is 11.6 Å². The van der Waals surface area contributed by atoms with Gasteiger partial charge in [-0.2, -0.15) is 0 Å². The lowest BCUT2D eigenvalue weighted by molar-refractivity contribution is 0.0300. The van der Waals surface area contributed by atoms with Gasteiger partial charge in [-0.05, 0) is 31.1 Å². The first kappa shape index (κ1) is 12.7. The maximum absolute atomic E-state index is 5.86. The van der Waals surface area contributed by atoms with E-state index < -0.39 is 0 Å². The van der Waals surface area contributed by atoms with E-state index in [4.69, 9.17) is 10.5 Å². The highest BCUT2D eigenvalue weighted by molar-refractivity contribution is 5.45. The summed E-state index contributed by atoms with van der Waals surface area (Å²) < 4.78 is 5.42. The summed E-state index contributed by atoms with van der Waals surface area (Å²) in [6.45, 7) is 4.93. The van der Waals surface area contributed by atoms with Crippen LogP contribution in [0.3, 0.4) is 0 Å². The predicted octanol–water partition coefficient (Wildman–Crippen LogP) is 2.16. The Hall–Kier alpha value is -1.36. The van der Waals surface area contributed by atoms with E-state index in [0.29, 0.717) is 11.7 Å². The number of nitrogen functional groups attached to an aromatic ring is 1. The zero-order valence-corrected chi connectivity index (χ0v) is 11.5. The van der Waals surface area contributed by atoms with Crippen molar-refractivity contribution in [1.29, 1.82) is 0 Å². The molecule has 0 aromatic carbocycles. The largest absolute Gasteiger partial charge is 0.384 e. The number of rotatable bonds is 4. The minimum absolute atomic E-state index is 0.289. The van der Waals surface area contributed by atoms with Crippen LogP contribution in [-0.4, -0.2) is 29.7 Å². The van der Waals surface area contributed by atoms with Gasteiger partial charge in [-0.25, -0.2) is 9.97 Å². The second-order valence-corrected chi connectivity index (χ2v) is 6.09. The number of hydrogen-bond acceptors (Lipinski definition) is 5. The molecule has 1 aromatic heterocycles. The van der Waals surface area contributed by atoms with E-state index >= 15 is 0 Å². The highest BCUT2D eigenvalue weighted by Gasteiger charge is 2.29. The summed E-state index contributed by atoms with van der Waals surface area (Å²) in [5.74, 6) is 2.86. The number of nitrogens with two attached hydrogens (primary N) is 1. The smallest absolute Gasteiger partial charge is 0.136 e. The van der Waals surface area contributed by atoms with Gasteiger partial charge in [-0.3, -0.25) is 0 Å². The van der Waals surface area contributed by atoms with Gasteiger partial charge in [0.25, 0.3) is 0 Å². The molecule has 1 aliphatic heterocycles. The van der Waals surface area contributed by atoms with Crippen LogP contribution in [0.2, 0.25) is 0 Å². The minimum atomic E-state index is 0.289. The highest BCUT2D eigenvalue weighted by Crippen LogP contribution is 2.38. The van der Waals surface area contributed by atoms with Crippen LogP contribution < -0.4 is 11.1 Å². The molecule has 2 aliphatic rings. The van der Waals surface area contributed by atoms with E-state index in [1.54, 1.807) is 0 Å². The highest BCUT2D eigenvalue weighted by atomic mass is 16.5. The van der Waals surface area contributed by atoms with Crippen LogP contribution in [-0.2, 0) is 4.74 Å². The number of hydrogen-bond donors (Lipinski definition) is 2. The molecule has 1 saturated heterocycles. The van der Waals surface area contributed by atoms with E-state index in [9.17, 15) is 0 Å². The second-order valence-electron chi connectivity index (χ2n) is 6.09. The third kappa shape index (κ3) is 3.15. The molecule has 2 fully saturated rings. The number of ether oxygens (including phenoxy) is 1. The molecule has 5 nitrogen and oxygen atoms in total. The van der Waals surface area contributed by atoms with Crippen LogP contribution in [0.15, 0.2) is 6.07 Å². The molecular weight excluding hydrogens is 240 g/mol. The molecule has 5 heteroatoms. The second kappa shape index (κ2) is 4.96. The molecule has 0 unspecified atom stereocenters. The lowest BCUT2D eigenvalue weighted by atomic mass is 9.82. The molecule has 0 bridgehead atoms. The first-order valence-electron chi connectivity index (χ1n) is 7.11. The first-order chi connectivity index (χ1) is 9.15. The Morgan fingerprint density at radius 3 is 2.79 bits per heavy atom. The molecule has 0 spiro atoms. The van der Waals surface area contributed by atoms with Crippen molar-refractivity contribution in [3.63, 3.8) is 0 Å². The SMILES string of the molecule is CC1(CNc2cc(N)nc(C3CC3)n2)CCOCC1. The quantitative estimate of drug-likeness (QED) is 0.870. The fraction of sp³-hybridized carbons (Fsp3) is 0.714. The van der Waals surface area contributed by atoms with Gasteiger partial charge in [0.2, 0.25) is 0 Å². The van der Waals surface area contributed by atoms with Crippen molar-refractivity contribution < 1.29 is 4.74 Å². The van der Waals surface area contributed by atoms with E-state index in [0.717, 1.165) is 44.2 Å². The summed E-state index contributed by atoms with van der Waals surface area (Å²) in [4.78, 5) is 8.89. The van der Waals surface area contributed by atoms with Crippen molar-refractivity contribution in [3.05, 3.63) is 11.9 Å². The molecule has 3 N–H and O–H groups in total. The van der Waals surface area contributed by atoms with E-state index in [-0.39, 0.29) is 5.41 Å². The van der Waals surface area contributed by atoms with Gasteiger partial charge >= 0.3 is 0 Å². The van der Waals surface area contributed by atoms with Crippen molar-refractivity contribution in [2.75, 3.05) is 30.8 Å². The summed E-state index contributed by atoms with van der Waals surface area (Å²) in [6.07, 6.45) is 4.57. The number of anilines is 2. The Morgan fingerprint density at radius 2 is 2.11 bits per heavy atom. The molecule has 3 rings (SSSR count). The maximum Gasteiger partial charge on any atom is 0.136 e. The minimum Gasteiger partial charge on any atom is -0.384 e. The molecular formula is C14H22N4O. The van der Waals surface area contributed by atoms with Crippen LogP contribution in [0.5, 0.6) is 0 Å². The van der Waals surface area contributed by atoms with Crippen molar-refractivity contribution in [1.82, 2.24) is 9.97 Å². The topological polar surface area (TPSA) is 73.1 Å². The van der Waals surface area contributed by atoms with E-state index in [2.05, 4.69) is 22.2 Å². The van der Waals surface area contributed by atoms with Crippen LogP contribution in [0, 0.1) is 5.41 Å². The Labute approximate surface area is 114 Å². The third-order valence-electron chi connectivity index (χ3n) is 4.10. The van der Waals surface area contributed by atoms with Gasteiger partial charge in [0.15, 0.2) is 0 Å². The monoisotopic (exact) mass is 262 g/mol. The molecule has 0 atom stereocenters. The molecule has 0 radical (unpaired) electrons. The van der Waals surface area contributed by atoms with Crippen LogP contribution in [0.1, 0.15) is 44.3 Å². The van der Waals surface area contributed by atoms with Gasteiger partial charge in [0, 0.05) is 31.7 Å². The summed E-state index contributed by atoms with van der Waals surface area (Å²) in [5, 5.41) is 3.43. The van der Waals surface area contributed by atoms with Crippen molar-refractivity contribution in [3.8, 4) is 0 Å². The van der Waals surface area contributed by atoms with Crippen LogP contribution in [0.4, 0.5) is 11.6 Å². The van der Waals surface area contributed by atoms with Gasteiger partial charge in [-0.15, -0.1) is 0 Å². The molecule has 1 saturated carbocycles. The Balaban J connectivity index is 1.65. The average Bonchev–Trinajstić information content (AvgIpc) is 3.21. The predicted molar refractivity (Wildman–Crippen MR) is 75.1 cm³/mol. The fourth-order valence-electron chi connectivity index (χ4n) is 2.44. The van der Waals surface area contributed by atoms with E-state index in [1.807, 2.05) is 6.07 Å². The molecule has 104 valence electrons. The number of nitrogens with zero attached hydrogens (tertiary/aromatic N) is 2.